The van der Waals surface area contributed by atoms with Crippen LogP contribution in [0.5, 0.6) is 5.75 Å². The van der Waals surface area contributed by atoms with Crippen molar-refractivity contribution in [2.75, 3.05) is 6.61 Å². The fourth-order valence-electron chi connectivity index (χ4n) is 1.76. The molecule has 0 radical (unpaired) electrons. The van der Waals surface area contributed by atoms with E-state index in [0.717, 1.165) is 6.54 Å². The summed E-state index contributed by atoms with van der Waals surface area (Å²) in [4.78, 5) is 11.3. The number of ether oxygens (including phenoxy) is 2. The molecule has 0 bridgehead atoms. The van der Waals surface area contributed by atoms with Crippen LogP contribution in [0.1, 0.15) is 25.8 Å². The zero-order valence-corrected chi connectivity index (χ0v) is 10.8. The summed E-state index contributed by atoms with van der Waals surface area (Å²) in [5.74, 6) is 0.452. The second kappa shape index (κ2) is 5.87. The zero-order chi connectivity index (χ0) is 13.0. The van der Waals surface area contributed by atoms with Gasteiger partial charge in [-0.25, -0.2) is 4.79 Å². The summed E-state index contributed by atoms with van der Waals surface area (Å²) in [6, 6.07) is 8.26. The molecule has 2 rings (SSSR count). The minimum Gasteiger partial charge on any atom is -0.479 e. The molecule has 1 fully saturated rings. The summed E-state index contributed by atoms with van der Waals surface area (Å²) in [6.45, 7) is 5.52. The second-order valence-corrected chi connectivity index (χ2v) is 4.74. The first-order valence-corrected chi connectivity index (χ1v) is 6.31. The fraction of sp³-hybridized carbons (Fsp3) is 0.500. The van der Waals surface area contributed by atoms with Gasteiger partial charge in [-0.3, -0.25) is 0 Å². The van der Waals surface area contributed by atoms with E-state index in [1.807, 2.05) is 24.3 Å². The maximum absolute atomic E-state index is 11.3. The van der Waals surface area contributed by atoms with Crippen LogP contribution in [-0.2, 0) is 16.1 Å². The van der Waals surface area contributed by atoms with Crippen molar-refractivity contribution in [2.24, 2.45) is 0 Å². The highest BCUT2D eigenvalue weighted by Gasteiger charge is 2.28. The van der Waals surface area contributed by atoms with E-state index in [-0.39, 0.29) is 5.97 Å². The van der Waals surface area contributed by atoms with Crippen LogP contribution in [0.2, 0.25) is 0 Å². The van der Waals surface area contributed by atoms with Crippen LogP contribution in [0.4, 0.5) is 0 Å². The predicted molar refractivity (Wildman–Crippen MR) is 68.4 cm³/mol. The summed E-state index contributed by atoms with van der Waals surface area (Å²) in [5.41, 5.74) is 1.20. The van der Waals surface area contributed by atoms with Gasteiger partial charge in [0.2, 0.25) is 0 Å². The molecule has 1 saturated heterocycles. The van der Waals surface area contributed by atoms with Crippen LogP contribution >= 0.6 is 0 Å². The van der Waals surface area contributed by atoms with Crippen molar-refractivity contribution >= 4 is 5.97 Å². The monoisotopic (exact) mass is 249 g/mol. The van der Waals surface area contributed by atoms with E-state index in [1.54, 1.807) is 0 Å². The van der Waals surface area contributed by atoms with Crippen molar-refractivity contribution < 1.29 is 14.3 Å². The minimum atomic E-state index is -0.440. The molecule has 0 amide bonds. The highest BCUT2D eigenvalue weighted by atomic mass is 16.6. The van der Waals surface area contributed by atoms with E-state index in [1.165, 1.54) is 5.56 Å². The Labute approximate surface area is 107 Å². The van der Waals surface area contributed by atoms with Crippen LogP contribution in [0, 0.1) is 0 Å². The third kappa shape index (κ3) is 3.47. The average Bonchev–Trinajstić information content (AvgIpc) is 2.74. The normalized spacial score (nSPS) is 19.1. The van der Waals surface area contributed by atoms with Gasteiger partial charge in [0.25, 0.3) is 0 Å². The lowest BCUT2D eigenvalue weighted by Crippen LogP contribution is -2.22. The van der Waals surface area contributed by atoms with Gasteiger partial charge >= 0.3 is 5.97 Å². The number of carbonyl (C=O) groups excluding carboxylic acids is 1. The number of hydrogen-bond donors (Lipinski definition) is 1. The van der Waals surface area contributed by atoms with Crippen molar-refractivity contribution in [1.29, 1.82) is 0 Å². The van der Waals surface area contributed by atoms with Gasteiger partial charge in [0.15, 0.2) is 6.10 Å². The molecule has 1 aliphatic heterocycles. The van der Waals surface area contributed by atoms with Crippen molar-refractivity contribution in [3.8, 4) is 5.75 Å². The molecule has 0 aliphatic carbocycles. The molecule has 1 aromatic carbocycles. The number of cyclic esters (lactones) is 1. The van der Waals surface area contributed by atoms with E-state index in [2.05, 4.69) is 19.2 Å². The lowest BCUT2D eigenvalue weighted by molar-refractivity contribution is -0.143. The smallest absolute Gasteiger partial charge is 0.347 e. The number of esters is 1. The number of carbonyl (C=O) groups is 1. The van der Waals surface area contributed by atoms with E-state index >= 15 is 0 Å². The van der Waals surface area contributed by atoms with Crippen LogP contribution < -0.4 is 10.1 Å². The van der Waals surface area contributed by atoms with E-state index in [9.17, 15) is 4.79 Å². The molecule has 1 N–H and O–H groups in total. The summed E-state index contributed by atoms with van der Waals surface area (Å²) in [5, 5.41) is 3.35. The van der Waals surface area contributed by atoms with Gasteiger partial charge in [0.1, 0.15) is 5.75 Å². The van der Waals surface area contributed by atoms with Gasteiger partial charge in [0, 0.05) is 19.0 Å². The molecule has 18 heavy (non-hydrogen) atoms. The van der Waals surface area contributed by atoms with Gasteiger partial charge in [-0.15, -0.1) is 0 Å². The molecule has 98 valence electrons. The molecular formula is C14H19NO3. The summed E-state index contributed by atoms with van der Waals surface area (Å²) < 4.78 is 10.4. The first-order valence-electron chi connectivity index (χ1n) is 6.31. The maximum Gasteiger partial charge on any atom is 0.347 e. The summed E-state index contributed by atoms with van der Waals surface area (Å²) in [7, 11) is 0. The van der Waals surface area contributed by atoms with Crippen LogP contribution in [0.25, 0.3) is 0 Å². The SMILES string of the molecule is CC(C)NCc1ccc(OC2CCOC2=O)cc1. The molecule has 1 atom stereocenters. The fourth-order valence-corrected chi connectivity index (χ4v) is 1.76. The van der Waals surface area contributed by atoms with Crippen molar-refractivity contribution in [1.82, 2.24) is 5.32 Å². The molecule has 0 saturated carbocycles. The molecule has 0 aromatic heterocycles. The van der Waals surface area contributed by atoms with Crippen LogP contribution in [-0.4, -0.2) is 24.7 Å². The second-order valence-electron chi connectivity index (χ2n) is 4.74. The van der Waals surface area contributed by atoms with Gasteiger partial charge in [-0.1, -0.05) is 26.0 Å². The Morgan fingerprint density at radius 1 is 1.39 bits per heavy atom. The van der Waals surface area contributed by atoms with Crippen LogP contribution in [0.15, 0.2) is 24.3 Å². The van der Waals surface area contributed by atoms with Crippen molar-refractivity contribution in [2.45, 2.75) is 39.0 Å². The van der Waals surface area contributed by atoms with Gasteiger partial charge in [0.05, 0.1) is 6.61 Å². The standard InChI is InChI=1S/C14H19NO3/c1-10(2)15-9-11-3-5-12(6-4-11)18-13-7-8-17-14(13)16/h3-6,10,13,15H,7-9H2,1-2H3. The summed E-state index contributed by atoms with van der Waals surface area (Å²) >= 11 is 0. The summed E-state index contributed by atoms with van der Waals surface area (Å²) in [6.07, 6.45) is 0.194. The lowest BCUT2D eigenvalue weighted by Gasteiger charge is -2.11. The quantitative estimate of drug-likeness (QED) is 0.809. The third-order valence-electron chi connectivity index (χ3n) is 2.80. The number of hydrogen-bond acceptors (Lipinski definition) is 4. The van der Waals surface area contributed by atoms with Crippen molar-refractivity contribution in [3.63, 3.8) is 0 Å². The highest BCUT2D eigenvalue weighted by Crippen LogP contribution is 2.18. The first-order chi connectivity index (χ1) is 8.65. The average molecular weight is 249 g/mol. The Hall–Kier alpha value is -1.55. The van der Waals surface area contributed by atoms with E-state index < -0.39 is 6.10 Å². The Morgan fingerprint density at radius 3 is 2.67 bits per heavy atom. The molecule has 0 spiro atoms. The highest BCUT2D eigenvalue weighted by molar-refractivity contribution is 5.76. The van der Waals surface area contributed by atoms with Gasteiger partial charge in [-0.2, -0.15) is 0 Å². The van der Waals surface area contributed by atoms with Crippen molar-refractivity contribution in [3.05, 3.63) is 29.8 Å². The van der Waals surface area contributed by atoms with Gasteiger partial charge in [-0.05, 0) is 17.7 Å². The largest absolute Gasteiger partial charge is 0.479 e. The van der Waals surface area contributed by atoms with Gasteiger partial charge < -0.3 is 14.8 Å². The number of nitrogens with one attached hydrogen (secondary N) is 1. The Morgan fingerprint density at radius 2 is 2.11 bits per heavy atom. The Balaban J connectivity index is 1.89. The Bertz CT molecular complexity index is 400. The number of rotatable bonds is 5. The predicted octanol–water partition coefficient (Wildman–Crippen LogP) is 1.88. The molecule has 4 nitrogen and oxygen atoms in total. The van der Waals surface area contributed by atoms with E-state index in [0.29, 0.717) is 24.8 Å². The molecular weight excluding hydrogens is 230 g/mol. The number of benzene rings is 1. The lowest BCUT2D eigenvalue weighted by atomic mass is 10.2. The molecule has 1 heterocycles. The Kier molecular flexibility index (Phi) is 4.20. The minimum absolute atomic E-state index is 0.263. The zero-order valence-electron chi connectivity index (χ0n) is 10.8. The first kappa shape index (κ1) is 12.9. The molecule has 4 heteroatoms. The third-order valence-corrected chi connectivity index (χ3v) is 2.80. The molecule has 1 unspecified atom stereocenters. The van der Waals surface area contributed by atoms with E-state index in [4.69, 9.17) is 9.47 Å². The maximum atomic E-state index is 11.3. The molecule has 1 aromatic rings. The topological polar surface area (TPSA) is 47.6 Å². The molecule has 1 aliphatic rings. The van der Waals surface area contributed by atoms with Crippen LogP contribution in [0.3, 0.4) is 0 Å².